The first-order valence-corrected chi connectivity index (χ1v) is 5.33. The molecule has 1 atom stereocenters. The van der Waals surface area contributed by atoms with E-state index in [0.29, 0.717) is 0 Å². The zero-order valence-electron chi connectivity index (χ0n) is 8.83. The van der Waals surface area contributed by atoms with Gasteiger partial charge in [-0.15, -0.1) is 0 Å². The van der Waals surface area contributed by atoms with Gasteiger partial charge in [0.15, 0.2) is 0 Å². The SMILES string of the molecule is FC(F)(F)c1ccc2c(c1)C2c1ccccc1. The Morgan fingerprint density at radius 3 is 2.18 bits per heavy atom. The Bertz CT molecular complexity index is 555. The van der Waals surface area contributed by atoms with Crippen molar-refractivity contribution in [2.24, 2.45) is 0 Å². The summed E-state index contributed by atoms with van der Waals surface area (Å²) in [7, 11) is 0. The van der Waals surface area contributed by atoms with Crippen LogP contribution in [0.4, 0.5) is 13.2 Å². The summed E-state index contributed by atoms with van der Waals surface area (Å²) < 4.78 is 37.6. The molecule has 0 radical (unpaired) electrons. The largest absolute Gasteiger partial charge is 0.416 e. The van der Waals surface area contributed by atoms with Gasteiger partial charge in [0.25, 0.3) is 0 Å². The minimum absolute atomic E-state index is 0.0623. The van der Waals surface area contributed by atoms with Crippen LogP contribution in [-0.2, 0) is 6.18 Å². The molecule has 2 aromatic rings. The van der Waals surface area contributed by atoms with Crippen LogP contribution < -0.4 is 0 Å². The Kier molecular flexibility index (Phi) is 2.05. The number of benzene rings is 2. The van der Waals surface area contributed by atoms with Crippen LogP contribution in [0.15, 0.2) is 48.5 Å². The lowest BCUT2D eigenvalue weighted by molar-refractivity contribution is -0.137. The zero-order valence-corrected chi connectivity index (χ0v) is 8.83. The molecule has 1 aliphatic rings. The van der Waals surface area contributed by atoms with Crippen LogP contribution in [0.2, 0.25) is 0 Å². The molecule has 1 unspecified atom stereocenters. The highest BCUT2D eigenvalue weighted by Crippen LogP contribution is 2.49. The third kappa shape index (κ3) is 1.71. The van der Waals surface area contributed by atoms with Gasteiger partial charge in [0.05, 0.1) is 5.56 Å². The molecule has 0 saturated carbocycles. The highest BCUT2D eigenvalue weighted by Gasteiger charge is 2.38. The van der Waals surface area contributed by atoms with Gasteiger partial charge in [0, 0.05) is 5.92 Å². The third-order valence-electron chi connectivity index (χ3n) is 3.09. The molecule has 0 N–H and O–H groups in total. The lowest BCUT2D eigenvalue weighted by atomic mass is 10.1. The van der Waals surface area contributed by atoms with Crippen molar-refractivity contribution in [3.05, 3.63) is 70.8 Å². The highest BCUT2D eigenvalue weighted by atomic mass is 19.4. The van der Waals surface area contributed by atoms with Crippen LogP contribution in [0.5, 0.6) is 0 Å². The van der Waals surface area contributed by atoms with Crippen LogP contribution in [0.3, 0.4) is 0 Å². The molecule has 0 heterocycles. The highest BCUT2D eigenvalue weighted by molar-refractivity contribution is 5.61. The minimum atomic E-state index is -4.25. The maximum absolute atomic E-state index is 12.5. The Morgan fingerprint density at radius 2 is 1.53 bits per heavy atom. The van der Waals surface area contributed by atoms with E-state index >= 15 is 0 Å². The number of alkyl halides is 3. The van der Waals surface area contributed by atoms with Crippen molar-refractivity contribution in [3.63, 3.8) is 0 Å². The van der Waals surface area contributed by atoms with Gasteiger partial charge in [-0.1, -0.05) is 36.4 Å². The van der Waals surface area contributed by atoms with Crippen molar-refractivity contribution in [3.8, 4) is 0 Å². The molecule has 2 aromatic carbocycles. The van der Waals surface area contributed by atoms with Gasteiger partial charge in [-0.05, 0) is 28.8 Å². The average Bonchev–Trinajstić information content (AvgIpc) is 3.02. The number of fused-ring (bicyclic) bond motifs is 1. The molecule has 86 valence electrons. The second kappa shape index (κ2) is 3.36. The first-order chi connectivity index (χ1) is 8.07. The van der Waals surface area contributed by atoms with Crippen molar-refractivity contribution in [2.45, 2.75) is 12.1 Å². The summed E-state index contributed by atoms with van der Waals surface area (Å²) >= 11 is 0. The molecule has 1 aliphatic carbocycles. The molecule has 3 rings (SSSR count). The number of rotatable bonds is 1. The maximum atomic E-state index is 12.5. The van der Waals surface area contributed by atoms with Crippen LogP contribution in [0, 0.1) is 0 Å². The first-order valence-electron chi connectivity index (χ1n) is 5.33. The second-order valence-corrected chi connectivity index (χ2v) is 4.19. The van der Waals surface area contributed by atoms with E-state index in [1.54, 1.807) is 6.07 Å². The summed E-state index contributed by atoms with van der Waals surface area (Å²) in [6, 6.07) is 13.6. The Morgan fingerprint density at radius 1 is 0.824 bits per heavy atom. The van der Waals surface area contributed by atoms with E-state index < -0.39 is 11.7 Å². The predicted octanol–water partition coefficient (Wildman–Crippen LogP) is 4.20. The number of halogens is 3. The smallest absolute Gasteiger partial charge is 0.166 e. The van der Waals surface area contributed by atoms with Crippen molar-refractivity contribution < 1.29 is 13.2 Å². The van der Waals surface area contributed by atoms with E-state index in [1.807, 2.05) is 30.3 Å². The second-order valence-electron chi connectivity index (χ2n) is 4.19. The molecule has 0 saturated heterocycles. The molecule has 0 fully saturated rings. The summed E-state index contributed by atoms with van der Waals surface area (Å²) in [6.07, 6.45) is -4.25. The lowest BCUT2D eigenvalue weighted by Gasteiger charge is -2.03. The Labute approximate surface area is 96.7 Å². The van der Waals surface area contributed by atoms with Gasteiger partial charge in [0.1, 0.15) is 0 Å². The molecular formula is C14H9F3. The molecule has 0 bridgehead atoms. The third-order valence-corrected chi connectivity index (χ3v) is 3.09. The fraction of sp³-hybridized carbons (Fsp3) is 0.143. The normalized spacial score (nSPS) is 17.7. The van der Waals surface area contributed by atoms with Gasteiger partial charge in [0.2, 0.25) is 0 Å². The number of hydrogen-bond donors (Lipinski definition) is 0. The molecular weight excluding hydrogens is 225 g/mol. The van der Waals surface area contributed by atoms with E-state index in [0.717, 1.165) is 22.8 Å². The van der Waals surface area contributed by atoms with Crippen LogP contribution in [-0.4, -0.2) is 0 Å². The van der Waals surface area contributed by atoms with E-state index in [2.05, 4.69) is 0 Å². The molecule has 0 aliphatic heterocycles. The monoisotopic (exact) mass is 234 g/mol. The average molecular weight is 234 g/mol. The lowest BCUT2D eigenvalue weighted by Crippen LogP contribution is -2.03. The van der Waals surface area contributed by atoms with E-state index in [-0.39, 0.29) is 5.92 Å². The molecule has 3 heteroatoms. The predicted molar refractivity (Wildman–Crippen MR) is 58.8 cm³/mol. The zero-order chi connectivity index (χ0) is 12.0. The van der Waals surface area contributed by atoms with Gasteiger partial charge >= 0.3 is 6.18 Å². The van der Waals surface area contributed by atoms with Crippen molar-refractivity contribution in [1.29, 1.82) is 0 Å². The van der Waals surface area contributed by atoms with E-state index in [9.17, 15) is 13.2 Å². The van der Waals surface area contributed by atoms with Crippen molar-refractivity contribution in [1.82, 2.24) is 0 Å². The summed E-state index contributed by atoms with van der Waals surface area (Å²) in [5.74, 6) is 0.0623. The Balaban J connectivity index is 1.95. The van der Waals surface area contributed by atoms with Crippen LogP contribution >= 0.6 is 0 Å². The quantitative estimate of drug-likeness (QED) is 0.592. The summed E-state index contributed by atoms with van der Waals surface area (Å²) in [5.41, 5.74) is 2.30. The van der Waals surface area contributed by atoms with Gasteiger partial charge < -0.3 is 0 Å². The number of hydrogen-bond acceptors (Lipinski definition) is 0. The van der Waals surface area contributed by atoms with Crippen LogP contribution in [0.1, 0.15) is 28.2 Å². The topological polar surface area (TPSA) is 0 Å². The molecule has 0 amide bonds. The summed E-state index contributed by atoms with van der Waals surface area (Å²) in [4.78, 5) is 0. The standard InChI is InChI=1S/C14H9F3/c15-14(16,17)10-6-7-11-12(8-10)13(11)9-4-2-1-3-5-9/h1-8,13H. The Hall–Kier alpha value is -1.77. The van der Waals surface area contributed by atoms with Crippen molar-refractivity contribution in [2.75, 3.05) is 0 Å². The van der Waals surface area contributed by atoms with Gasteiger partial charge in [-0.3, -0.25) is 0 Å². The summed E-state index contributed by atoms with van der Waals surface area (Å²) in [6.45, 7) is 0. The molecule has 0 aromatic heterocycles. The van der Waals surface area contributed by atoms with Crippen molar-refractivity contribution >= 4 is 0 Å². The fourth-order valence-electron chi connectivity index (χ4n) is 2.19. The fourth-order valence-corrected chi connectivity index (χ4v) is 2.19. The summed E-state index contributed by atoms with van der Waals surface area (Å²) in [5, 5.41) is 0. The van der Waals surface area contributed by atoms with Gasteiger partial charge in [-0.25, -0.2) is 0 Å². The van der Waals surface area contributed by atoms with Gasteiger partial charge in [-0.2, -0.15) is 13.2 Å². The molecule has 17 heavy (non-hydrogen) atoms. The maximum Gasteiger partial charge on any atom is 0.416 e. The minimum Gasteiger partial charge on any atom is -0.166 e. The molecule has 0 spiro atoms. The van der Waals surface area contributed by atoms with E-state index in [4.69, 9.17) is 0 Å². The molecule has 0 nitrogen and oxygen atoms in total. The van der Waals surface area contributed by atoms with Crippen LogP contribution in [0.25, 0.3) is 0 Å². The van der Waals surface area contributed by atoms with E-state index in [1.165, 1.54) is 6.07 Å². The first kappa shape index (κ1) is 10.4.